The van der Waals surface area contributed by atoms with Crippen LogP contribution in [0.25, 0.3) is 5.69 Å². The number of carbonyl (C=O) groups is 2. The predicted molar refractivity (Wildman–Crippen MR) is 84.8 cm³/mol. The molecule has 1 N–H and O–H groups in total. The summed E-state index contributed by atoms with van der Waals surface area (Å²) in [7, 11) is 1.41. The Balaban J connectivity index is 2.39. The molecule has 1 amide bonds. The van der Waals surface area contributed by atoms with Gasteiger partial charge in [-0.25, -0.2) is 9.67 Å². The SMILES string of the molecule is Cc1nc(C(=O)N(C)CC(=O)O)nn1-c1ccccc1C(C)C. The Hall–Kier alpha value is -2.70. The number of aliphatic carboxylic acids is 1. The quantitative estimate of drug-likeness (QED) is 0.909. The minimum absolute atomic E-state index is 0.00944. The highest BCUT2D eigenvalue weighted by molar-refractivity contribution is 5.92. The van der Waals surface area contributed by atoms with Gasteiger partial charge >= 0.3 is 5.97 Å². The van der Waals surface area contributed by atoms with Crippen LogP contribution >= 0.6 is 0 Å². The first-order valence-corrected chi connectivity index (χ1v) is 7.31. The number of para-hydroxylation sites is 1. The van der Waals surface area contributed by atoms with Crippen LogP contribution in [-0.4, -0.2) is 50.2 Å². The number of carboxylic acids is 1. The van der Waals surface area contributed by atoms with Gasteiger partial charge < -0.3 is 10.0 Å². The molecule has 0 atom stereocenters. The van der Waals surface area contributed by atoms with Crippen molar-refractivity contribution in [2.75, 3.05) is 13.6 Å². The van der Waals surface area contributed by atoms with Gasteiger partial charge in [-0.2, -0.15) is 0 Å². The number of hydrogen-bond donors (Lipinski definition) is 1. The van der Waals surface area contributed by atoms with Crippen molar-refractivity contribution in [1.29, 1.82) is 0 Å². The molecule has 7 nitrogen and oxygen atoms in total. The lowest BCUT2D eigenvalue weighted by atomic mass is 10.0. The number of carbonyl (C=O) groups excluding carboxylic acids is 1. The van der Waals surface area contributed by atoms with E-state index in [2.05, 4.69) is 23.9 Å². The molecule has 2 aromatic rings. The molecule has 122 valence electrons. The van der Waals surface area contributed by atoms with Crippen LogP contribution in [-0.2, 0) is 4.79 Å². The summed E-state index contributed by atoms with van der Waals surface area (Å²) in [5.74, 6) is -0.739. The van der Waals surface area contributed by atoms with Crippen molar-refractivity contribution in [1.82, 2.24) is 19.7 Å². The van der Waals surface area contributed by atoms with E-state index in [1.165, 1.54) is 7.05 Å². The Morgan fingerprint density at radius 3 is 2.57 bits per heavy atom. The van der Waals surface area contributed by atoms with Crippen molar-refractivity contribution < 1.29 is 14.7 Å². The molecule has 0 aliphatic carbocycles. The Kier molecular flexibility index (Phi) is 4.78. The van der Waals surface area contributed by atoms with Gasteiger partial charge in [0.2, 0.25) is 5.82 Å². The molecule has 1 aromatic heterocycles. The van der Waals surface area contributed by atoms with Crippen molar-refractivity contribution in [3.05, 3.63) is 41.5 Å². The Morgan fingerprint density at radius 1 is 1.30 bits per heavy atom. The van der Waals surface area contributed by atoms with Gasteiger partial charge in [0.15, 0.2) is 0 Å². The maximum atomic E-state index is 12.2. The second kappa shape index (κ2) is 6.60. The lowest BCUT2D eigenvalue weighted by molar-refractivity contribution is -0.137. The minimum atomic E-state index is -1.08. The summed E-state index contributed by atoms with van der Waals surface area (Å²) < 4.78 is 1.62. The molecule has 0 bridgehead atoms. The zero-order valence-corrected chi connectivity index (χ0v) is 13.6. The van der Waals surface area contributed by atoms with Crippen LogP contribution in [0, 0.1) is 6.92 Å². The van der Waals surface area contributed by atoms with E-state index in [0.717, 1.165) is 16.2 Å². The number of hydrogen-bond acceptors (Lipinski definition) is 4. The van der Waals surface area contributed by atoms with Crippen molar-refractivity contribution >= 4 is 11.9 Å². The van der Waals surface area contributed by atoms with Crippen molar-refractivity contribution in [3.63, 3.8) is 0 Å². The molecular weight excluding hydrogens is 296 g/mol. The monoisotopic (exact) mass is 316 g/mol. The highest BCUT2D eigenvalue weighted by Crippen LogP contribution is 2.23. The van der Waals surface area contributed by atoms with Gasteiger partial charge in [0.05, 0.1) is 5.69 Å². The number of aromatic nitrogens is 3. The number of rotatable bonds is 5. The number of aryl methyl sites for hydroxylation is 1. The lowest BCUT2D eigenvalue weighted by Gasteiger charge is -2.13. The van der Waals surface area contributed by atoms with E-state index in [1.807, 2.05) is 24.3 Å². The van der Waals surface area contributed by atoms with Crippen molar-refractivity contribution in [2.45, 2.75) is 26.7 Å². The third-order valence-corrected chi connectivity index (χ3v) is 3.47. The van der Waals surface area contributed by atoms with Crippen molar-refractivity contribution in [2.24, 2.45) is 0 Å². The van der Waals surface area contributed by atoms with Crippen LogP contribution in [0.15, 0.2) is 24.3 Å². The largest absolute Gasteiger partial charge is 0.480 e. The summed E-state index contributed by atoms with van der Waals surface area (Å²) in [6.07, 6.45) is 0. The molecule has 0 saturated carbocycles. The van der Waals surface area contributed by atoms with Gasteiger partial charge in [-0.15, -0.1) is 5.10 Å². The predicted octanol–water partition coefficient (Wildman–Crippen LogP) is 1.86. The van der Waals surface area contributed by atoms with Gasteiger partial charge in [0, 0.05) is 7.05 Å². The summed E-state index contributed by atoms with van der Waals surface area (Å²) >= 11 is 0. The smallest absolute Gasteiger partial charge is 0.323 e. The third kappa shape index (κ3) is 3.56. The van der Waals surface area contributed by atoms with Gasteiger partial charge in [-0.1, -0.05) is 32.0 Å². The minimum Gasteiger partial charge on any atom is -0.480 e. The zero-order chi connectivity index (χ0) is 17.1. The topological polar surface area (TPSA) is 88.3 Å². The fourth-order valence-electron chi connectivity index (χ4n) is 2.32. The standard InChI is InChI=1S/C16H20N4O3/c1-10(2)12-7-5-6-8-13(12)20-11(3)17-15(18-20)16(23)19(4)9-14(21)22/h5-8,10H,9H2,1-4H3,(H,21,22). The van der Waals surface area contributed by atoms with Crippen LogP contribution in [0.3, 0.4) is 0 Å². The average molecular weight is 316 g/mol. The summed E-state index contributed by atoms with van der Waals surface area (Å²) in [4.78, 5) is 28.2. The Bertz CT molecular complexity index is 737. The second-order valence-electron chi connectivity index (χ2n) is 5.66. The lowest BCUT2D eigenvalue weighted by Crippen LogP contribution is -2.32. The number of amides is 1. The van der Waals surface area contributed by atoms with Crippen LogP contribution in [0.4, 0.5) is 0 Å². The molecule has 0 spiro atoms. The van der Waals surface area contributed by atoms with E-state index in [0.29, 0.717) is 11.7 Å². The summed E-state index contributed by atoms with van der Waals surface area (Å²) in [6.45, 7) is 5.53. The molecule has 7 heteroatoms. The summed E-state index contributed by atoms with van der Waals surface area (Å²) in [5, 5.41) is 13.0. The van der Waals surface area contributed by atoms with E-state index in [-0.39, 0.29) is 5.82 Å². The summed E-state index contributed by atoms with van der Waals surface area (Å²) in [6, 6.07) is 7.80. The Labute approximate surface area is 134 Å². The fraction of sp³-hybridized carbons (Fsp3) is 0.375. The van der Waals surface area contributed by atoms with E-state index < -0.39 is 18.4 Å². The first-order valence-electron chi connectivity index (χ1n) is 7.31. The molecule has 0 fully saturated rings. The van der Waals surface area contributed by atoms with Crippen molar-refractivity contribution in [3.8, 4) is 5.69 Å². The zero-order valence-electron chi connectivity index (χ0n) is 13.6. The molecule has 1 aromatic carbocycles. The molecule has 0 aliphatic heterocycles. The highest BCUT2D eigenvalue weighted by Gasteiger charge is 2.21. The molecule has 23 heavy (non-hydrogen) atoms. The van der Waals surface area contributed by atoms with Crippen LogP contribution in [0.5, 0.6) is 0 Å². The molecule has 0 saturated heterocycles. The molecule has 0 radical (unpaired) electrons. The molecule has 0 unspecified atom stereocenters. The maximum Gasteiger partial charge on any atom is 0.323 e. The first kappa shape index (κ1) is 16.7. The Morgan fingerprint density at radius 2 is 1.96 bits per heavy atom. The number of benzene rings is 1. The van der Waals surface area contributed by atoms with Crippen LogP contribution in [0.1, 0.15) is 41.8 Å². The van der Waals surface area contributed by atoms with E-state index in [4.69, 9.17) is 5.11 Å². The van der Waals surface area contributed by atoms with Gasteiger partial charge in [0.25, 0.3) is 5.91 Å². The summed E-state index contributed by atoms with van der Waals surface area (Å²) in [5.41, 5.74) is 1.96. The molecule has 0 aliphatic rings. The fourth-order valence-corrected chi connectivity index (χ4v) is 2.32. The highest BCUT2D eigenvalue weighted by atomic mass is 16.4. The van der Waals surface area contributed by atoms with E-state index >= 15 is 0 Å². The number of nitrogens with zero attached hydrogens (tertiary/aromatic N) is 4. The van der Waals surface area contributed by atoms with Crippen LogP contribution in [0.2, 0.25) is 0 Å². The maximum absolute atomic E-state index is 12.2. The molecular formula is C16H20N4O3. The average Bonchev–Trinajstić information content (AvgIpc) is 2.87. The van der Waals surface area contributed by atoms with Crippen LogP contribution < -0.4 is 0 Å². The molecule has 2 rings (SSSR count). The second-order valence-corrected chi connectivity index (χ2v) is 5.66. The number of carboxylic acid groups (broad SMARTS) is 1. The van der Waals surface area contributed by atoms with Gasteiger partial charge in [-0.3, -0.25) is 9.59 Å². The normalized spacial score (nSPS) is 10.8. The van der Waals surface area contributed by atoms with E-state index in [1.54, 1.807) is 11.6 Å². The third-order valence-electron chi connectivity index (χ3n) is 3.47. The first-order chi connectivity index (χ1) is 10.8. The number of likely N-dealkylation sites (N-methyl/N-ethyl adjacent to an activating group) is 1. The van der Waals surface area contributed by atoms with E-state index in [9.17, 15) is 9.59 Å². The van der Waals surface area contributed by atoms with Gasteiger partial charge in [0.1, 0.15) is 12.4 Å². The van der Waals surface area contributed by atoms with Gasteiger partial charge in [-0.05, 0) is 24.5 Å². The molecule has 1 heterocycles.